The first kappa shape index (κ1) is 12.3. The van der Waals surface area contributed by atoms with Crippen LogP contribution in [-0.2, 0) is 19.5 Å². The third kappa shape index (κ3) is 2.76. The molecule has 2 aromatic rings. The monoisotopic (exact) mass is 293 g/mol. The first-order chi connectivity index (χ1) is 8.24. The van der Waals surface area contributed by atoms with Crippen molar-refractivity contribution in [2.24, 2.45) is 5.73 Å². The van der Waals surface area contributed by atoms with Crippen molar-refractivity contribution >= 4 is 15.9 Å². The Balaban J connectivity index is 2.27. The molecule has 1 aromatic heterocycles. The average Bonchev–Trinajstić information content (AvgIpc) is 2.71. The van der Waals surface area contributed by atoms with Crippen LogP contribution in [0.3, 0.4) is 0 Å². The van der Waals surface area contributed by atoms with Gasteiger partial charge in [0, 0.05) is 22.3 Å². The van der Waals surface area contributed by atoms with Crippen molar-refractivity contribution in [3.63, 3.8) is 0 Å². The Bertz CT molecular complexity index is 505. The molecule has 0 atom stereocenters. The van der Waals surface area contributed by atoms with Gasteiger partial charge in [0.1, 0.15) is 0 Å². The highest BCUT2D eigenvalue weighted by Crippen LogP contribution is 2.15. The van der Waals surface area contributed by atoms with Gasteiger partial charge in [-0.25, -0.2) is 0 Å². The molecule has 0 fully saturated rings. The van der Waals surface area contributed by atoms with Gasteiger partial charge >= 0.3 is 0 Å². The normalized spacial score (nSPS) is 10.8. The number of benzene rings is 1. The number of halogens is 1. The number of aromatic nitrogens is 2. The molecule has 0 aliphatic carbocycles. The van der Waals surface area contributed by atoms with Gasteiger partial charge in [0.15, 0.2) is 0 Å². The predicted molar refractivity (Wildman–Crippen MR) is 72.7 cm³/mol. The molecule has 0 saturated heterocycles. The summed E-state index contributed by atoms with van der Waals surface area (Å²) < 4.78 is 3.13. The fourth-order valence-electron chi connectivity index (χ4n) is 1.97. The second-order valence-electron chi connectivity index (χ2n) is 3.96. The highest BCUT2D eigenvalue weighted by molar-refractivity contribution is 9.10. The van der Waals surface area contributed by atoms with E-state index in [2.05, 4.69) is 40.1 Å². The second kappa shape index (κ2) is 5.47. The molecule has 0 saturated carbocycles. The van der Waals surface area contributed by atoms with Gasteiger partial charge in [0.25, 0.3) is 0 Å². The second-order valence-corrected chi connectivity index (χ2v) is 4.88. The van der Waals surface area contributed by atoms with Crippen LogP contribution in [0.25, 0.3) is 0 Å². The number of rotatable bonds is 4. The van der Waals surface area contributed by atoms with Crippen molar-refractivity contribution in [2.45, 2.75) is 26.4 Å². The number of nitrogens with zero attached hydrogens (tertiary/aromatic N) is 2. The van der Waals surface area contributed by atoms with Gasteiger partial charge < -0.3 is 5.73 Å². The highest BCUT2D eigenvalue weighted by atomic mass is 79.9. The zero-order valence-corrected chi connectivity index (χ0v) is 11.4. The van der Waals surface area contributed by atoms with E-state index in [4.69, 9.17) is 5.73 Å². The smallest absolute Gasteiger partial charge is 0.0663 e. The quantitative estimate of drug-likeness (QED) is 0.942. The van der Waals surface area contributed by atoms with Crippen molar-refractivity contribution in [1.82, 2.24) is 9.78 Å². The van der Waals surface area contributed by atoms with Crippen molar-refractivity contribution in [3.05, 3.63) is 51.8 Å². The summed E-state index contributed by atoms with van der Waals surface area (Å²) in [6.07, 6.45) is 2.83. The summed E-state index contributed by atoms with van der Waals surface area (Å²) in [5.74, 6) is 0. The van der Waals surface area contributed by atoms with E-state index in [9.17, 15) is 0 Å². The Morgan fingerprint density at radius 1 is 1.41 bits per heavy atom. The fourth-order valence-corrected chi connectivity index (χ4v) is 2.42. The number of hydrogen-bond donors (Lipinski definition) is 1. The molecule has 1 aromatic carbocycles. The molecule has 0 aliphatic rings. The zero-order valence-electron chi connectivity index (χ0n) is 9.86. The maximum Gasteiger partial charge on any atom is 0.0663 e. The molecule has 90 valence electrons. The van der Waals surface area contributed by atoms with E-state index in [-0.39, 0.29) is 0 Å². The Morgan fingerprint density at radius 2 is 2.24 bits per heavy atom. The molecule has 3 nitrogen and oxygen atoms in total. The molecule has 17 heavy (non-hydrogen) atoms. The molecule has 0 aliphatic heterocycles. The number of hydrogen-bond acceptors (Lipinski definition) is 2. The third-order valence-electron chi connectivity index (χ3n) is 2.81. The first-order valence-corrected chi connectivity index (χ1v) is 6.52. The standard InChI is InChI=1S/C13H16BrN3/c1-2-13-11(7-15)8-16-17(13)9-10-4-3-5-12(14)6-10/h3-6,8H,2,7,9,15H2,1H3. The minimum absolute atomic E-state index is 0.557. The molecule has 1 heterocycles. The Labute approximate surface area is 110 Å². The lowest BCUT2D eigenvalue weighted by Crippen LogP contribution is -2.08. The summed E-state index contributed by atoms with van der Waals surface area (Å²) in [6, 6.07) is 8.29. The van der Waals surface area contributed by atoms with Crippen molar-refractivity contribution in [2.75, 3.05) is 0 Å². The van der Waals surface area contributed by atoms with Crippen molar-refractivity contribution in [3.8, 4) is 0 Å². The van der Waals surface area contributed by atoms with Crippen molar-refractivity contribution in [1.29, 1.82) is 0 Å². The van der Waals surface area contributed by atoms with Gasteiger partial charge in [0.2, 0.25) is 0 Å². The van der Waals surface area contributed by atoms with E-state index in [1.54, 1.807) is 0 Å². The summed E-state index contributed by atoms with van der Waals surface area (Å²) in [7, 11) is 0. The maximum atomic E-state index is 5.70. The molecule has 2 rings (SSSR count). The van der Waals surface area contributed by atoms with Crippen LogP contribution in [0.2, 0.25) is 0 Å². The summed E-state index contributed by atoms with van der Waals surface area (Å²) in [6.45, 7) is 3.48. The minimum Gasteiger partial charge on any atom is -0.326 e. The summed E-state index contributed by atoms with van der Waals surface area (Å²) in [5.41, 5.74) is 9.30. The molecule has 4 heteroatoms. The van der Waals surface area contributed by atoms with Gasteiger partial charge in [-0.1, -0.05) is 35.0 Å². The zero-order chi connectivity index (χ0) is 12.3. The van der Waals surface area contributed by atoms with E-state index >= 15 is 0 Å². The molecular formula is C13H16BrN3. The Hall–Kier alpha value is -1.13. The van der Waals surface area contributed by atoms with Crippen LogP contribution in [0, 0.1) is 0 Å². The lowest BCUT2D eigenvalue weighted by atomic mass is 10.2. The van der Waals surface area contributed by atoms with Gasteiger partial charge in [-0.2, -0.15) is 5.10 Å². The van der Waals surface area contributed by atoms with E-state index in [1.807, 2.05) is 23.0 Å². The summed E-state index contributed by atoms with van der Waals surface area (Å²) in [5, 5.41) is 4.40. The molecule has 0 spiro atoms. The molecule has 2 N–H and O–H groups in total. The van der Waals surface area contributed by atoms with Crippen LogP contribution in [0.1, 0.15) is 23.7 Å². The van der Waals surface area contributed by atoms with Gasteiger partial charge in [-0.05, 0) is 24.1 Å². The van der Waals surface area contributed by atoms with Crippen LogP contribution >= 0.6 is 15.9 Å². The Kier molecular flexibility index (Phi) is 3.97. The van der Waals surface area contributed by atoms with Gasteiger partial charge in [0.05, 0.1) is 12.7 Å². The van der Waals surface area contributed by atoms with Crippen molar-refractivity contribution < 1.29 is 0 Å². The summed E-state index contributed by atoms with van der Waals surface area (Å²) >= 11 is 3.48. The van der Waals surface area contributed by atoms with E-state index in [1.165, 1.54) is 11.3 Å². The van der Waals surface area contributed by atoms with E-state index in [0.717, 1.165) is 23.0 Å². The predicted octanol–water partition coefficient (Wildman–Crippen LogP) is 2.72. The SMILES string of the molecule is CCc1c(CN)cnn1Cc1cccc(Br)c1. The van der Waals surface area contributed by atoms with Crippen LogP contribution in [0.5, 0.6) is 0 Å². The lowest BCUT2D eigenvalue weighted by Gasteiger charge is -2.07. The van der Waals surface area contributed by atoms with Crippen LogP contribution in [-0.4, -0.2) is 9.78 Å². The largest absolute Gasteiger partial charge is 0.326 e. The molecule has 0 radical (unpaired) electrons. The van der Waals surface area contributed by atoms with E-state index < -0.39 is 0 Å². The van der Waals surface area contributed by atoms with Crippen LogP contribution < -0.4 is 5.73 Å². The average molecular weight is 294 g/mol. The van der Waals surface area contributed by atoms with Gasteiger partial charge in [-0.15, -0.1) is 0 Å². The van der Waals surface area contributed by atoms with Crippen LogP contribution in [0.4, 0.5) is 0 Å². The third-order valence-corrected chi connectivity index (χ3v) is 3.30. The molecule has 0 bridgehead atoms. The van der Waals surface area contributed by atoms with Gasteiger partial charge in [-0.3, -0.25) is 4.68 Å². The lowest BCUT2D eigenvalue weighted by molar-refractivity contribution is 0.647. The fraction of sp³-hybridized carbons (Fsp3) is 0.308. The highest BCUT2D eigenvalue weighted by Gasteiger charge is 2.07. The summed E-state index contributed by atoms with van der Waals surface area (Å²) in [4.78, 5) is 0. The van der Waals surface area contributed by atoms with E-state index in [0.29, 0.717) is 6.54 Å². The first-order valence-electron chi connectivity index (χ1n) is 5.72. The minimum atomic E-state index is 0.557. The maximum absolute atomic E-state index is 5.70. The molecule has 0 unspecified atom stereocenters. The molecule has 0 amide bonds. The number of nitrogens with two attached hydrogens (primary N) is 1. The van der Waals surface area contributed by atoms with Crippen LogP contribution in [0.15, 0.2) is 34.9 Å². The molecular weight excluding hydrogens is 278 g/mol. The Morgan fingerprint density at radius 3 is 2.88 bits per heavy atom. The topological polar surface area (TPSA) is 43.8 Å².